The monoisotopic (exact) mass is 160 g/mol. The highest BCUT2D eigenvalue weighted by Crippen LogP contribution is 2.61. The molecule has 0 aromatic heterocycles. The van der Waals surface area contributed by atoms with Gasteiger partial charge in [0.15, 0.2) is 0 Å². The van der Waals surface area contributed by atoms with Crippen LogP contribution in [0.1, 0.15) is 25.7 Å². The molecule has 2 saturated carbocycles. The molecular formula is C7H12S2. The molecule has 52 valence electrons. The lowest BCUT2D eigenvalue weighted by Crippen LogP contribution is -1.97. The summed E-state index contributed by atoms with van der Waals surface area (Å²) in [6.07, 6.45) is 5.38. The molecule has 0 amide bonds. The minimum Gasteiger partial charge on any atom is -0.176 e. The summed E-state index contributed by atoms with van der Waals surface area (Å²) in [4.78, 5) is 0. The predicted octanol–water partition coefficient (Wildman–Crippen LogP) is 2.16. The van der Waals surface area contributed by atoms with Gasteiger partial charge >= 0.3 is 0 Å². The molecule has 2 aliphatic rings. The molecule has 1 spiro atoms. The van der Waals surface area contributed by atoms with Crippen LogP contribution in [0, 0.1) is 5.41 Å². The van der Waals surface area contributed by atoms with E-state index in [4.69, 9.17) is 0 Å². The number of hydrogen-bond donors (Lipinski definition) is 2. The van der Waals surface area contributed by atoms with E-state index < -0.39 is 0 Å². The first-order chi connectivity index (χ1) is 4.23. The maximum atomic E-state index is 4.46. The molecule has 3 unspecified atom stereocenters. The van der Waals surface area contributed by atoms with Gasteiger partial charge in [0, 0.05) is 10.5 Å². The minimum atomic E-state index is 0.662. The van der Waals surface area contributed by atoms with Gasteiger partial charge in [-0.1, -0.05) is 0 Å². The van der Waals surface area contributed by atoms with Crippen LogP contribution in [-0.4, -0.2) is 10.5 Å². The Labute approximate surface area is 67.2 Å². The molecule has 9 heavy (non-hydrogen) atoms. The van der Waals surface area contributed by atoms with Crippen LogP contribution in [0.5, 0.6) is 0 Å². The zero-order chi connectivity index (χ0) is 6.48. The van der Waals surface area contributed by atoms with Crippen molar-refractivity contribution >= 4 is 25.3 Å². The lowest BCUT2D eigenvalue weighted by molar-refractivity contribution is 0.541. The molecule has 0 heterocycles. The summed E-state index contributed by atoms with van der Waals surface area (Å²) in [7, 11) is 0. The third-order valence-corrected chi connectivity index (χ3v) is 3.94. The third-order valence-electron chi connectivity index (χ3n) is 2.76. The molecule has 2 aliphatic carbocycles. The van der Waals surface area contributed by atoms with Crippen molar-refractivity contribution in [2.75, 3.05) is 0 Å². The fraction of sp³-hybridized carbons (Fsp3) is 1.00. The molecule has 0 nitrogen and oxygen atoms in total. The quantitative estimate of drug-likeness (QED) is 0.498. The molecule has 0 radical (unpaired) electrons. The van der Waals surface area contributed by atoms with Crippen LogP contribution in [0.25, 0.3) is 0 Å². The standard InChI is InChI=1S/C7H12S2/c8-5-1-2-7(3-5)4-6(7)9/h5-6,8-9H,1-4H2. The van der Waals surface area contributed by atoms with E-state index in [0.29, 0.717) is 10.7 Å². The SMILES string of the molecule is SC1CCC2(C1)CC2S. The highest BCUT2D eigenvalue weighted by Gasteiger charge is 2.54. The van der Waals surface area contributed by atoms with Gasteiger partial charge in [-0.25, -0.2) is 0 Å². The van der Waals surface area contributed by atoms with E-state index in [-0.39, 0.29) is 0 Å². The van der Waals surface area contributed by atoms with Gasteiger partial charge in [0.25, 0.3) is 0 Å². The first kappa shape index (κ1) is 6.41. The summed E-state index contributed by atoms with van der Waals surface area (Å²) in [5.74, 6) is 0. The molecule has 2 rings (SSSR count). The average molecular weight is 160 g/mol. The minimum absolute atomic E-state index is 0.662. The Kier molecular flexibility index (Phi) is 1.32. The van der Waals surface area contributed by atoms with Crippen molar-refractivity contribution in [3.63, 3.8) is 0 Å². The van der Waals surface area contributed by atoms with Crippen molar-refractivity contribution in [1.82, 2.24) is 0 Å². The van der Waals surface area contributed by atoms with Crippen molar-refractivity contribution in [1.29, 1.82) is 0 Å². The van der Waals surface area contributed by atoms with Crippen LogP contribution in [0.3, 0.4) is 0 Å². The smallest absolute Gasteiger partial charge is 0.00797 e. The fourth-order valence-corrected chi connectivity index (χ4v) is 3.03. The summed E-state index contributed by atoms with van der Waals surface area (Å²) >= 11 is 8.92. The average Bonchev–Trinajstić information content (AvgIpc) is 2.17. The van der Waals surface area contributed by atoms with Gasteiger partial charge in [0.05, 0.1) is 0 Å². The van der Waals surface area contributed by atoms with Crippen molar-refractivity contribution in [2.45, 2.75) is 36.2 Å². The highest BCUT2D eigenvalue weighted by atomic mass is 32.1. The third kappa shape index (κ3) is 0.911. The molecule has 0 N–H and O–H groups in total. The van der Waals surface area contributed by atoms with Gasteiger partial charge in [-0.3, -0.25) is 0 Å². The maximum Gasteiger partial charge on any atom is 0.00797 e. The van der Waals surface area contributed by atoms with Crippen LogP contribution in [0.4, 0.5) is 0 Å². The summed E-state index contributed by atoms with van der Waals surface area (Å²) in [6, 6.07) is 0. The Bertz CT molecular complexity index is 133. The van der Waals surface area contributed by atoms with Crippen molar-refractivity contribution in [2.24, 2.45) is 5.41 Å². The van der Waals surface area contributed by atoms with Gasteiger partial charge in [0.1, 0.15) is 0 Å². The fourth-order valence-electron chi connectivity index (χ4n) is 1.94. The van der Waals surface area contributed by atoms with Gasteiger partial charge < -0.3 is 0 Å². The second kappa shape index (κ2) is 1.85. The van der Waals surface area contributed by atoms with E-state index in [0.717, 1.165) is 5.25 Å². The summed E-state index contributed by atoms with van der Waals surface area (Å²) in [5, 5.41) is 1.40. The van der Waals surface area contributed by atoms with Crippen LogP contribution in [-0.2, 0) is 0 Å². The molecule has 3 atom stereocenters. The Morgan fingerprint density at radius 2 is 1.89 bits per heavy atom. The Morgan fingerprint density at radius 3 is 2.11 bits per heavy atom. The van der Waals surface area contributed by atoms with Crippen LogP contribution >= 0.6 is 25.3 Å². The Balaban J connectivity index is 2.03. The lowest BCUT2D eigenvalue weighted by Gasteiger charge is -2.03. The van der Waals surface area contributed by atoms with E-state index in [1.807, 2.05) is 0 Å². The molecule has 0 aromatic carbocycles. The summed E-state index contributed by atoms with van der Waals surface area (Å²) < 4.78 is 0. The molecule has 2 fully saturated rings. The molecule has 0 bridgehead atoms. The van der Waals surface area contributed by atoms with E-state index in [1.165, 1.54) is 25.7 Å². The zero-order valence-corrected chi connectivity index (χ0v) is 7.17. The van der Waals surface area contributed by atoms with Crippen LogP contribution in [0.2, 0.25) is 0 Å². The molecular weight excluding hydrogens is 148 g/mol. The second-order valence-electron chi connectivity index (χ2n) is 3.48. The highest BCUT2D eigenvalue weighted by molar-refractivity contribution is 7.81. The number of rotatable bonds is 0. The van der Waals surface area contributed by atoms with E-state index in [1.54, 1.807) is 0 Å². The summed E-state index contributed by atoms with van der Waals surface area (Å²) in [6.45, 7) is 0. The van der Waals surface area contributed by atoms with E-state index in [2.05, 4.69) is 25.3 Å². The summed E-state index contributed by atoms with van der Waals surface area (Å²) in [5.41, 5.74) is 0.662. The van der Waals surface area contributed by atoms with E-state index in [9.17, 15) is 0 Å². The largest absolute Gasteiger partial charge is 0.176 e. The van der Waals surface area contributed by atoms with Crippen molar-refractivity contribution in [3.8, 4) is 0 Å². The molecule has 0 aromatic rings. The Hall–Kier alpha value is 0.700. The second-order valence-corrected chi connectivity index (χ2v) is 4.83. The predicted molar refractivity (Wildman–Crippen MR) is 46.4 cm³/mol. The van der Waals surface area contributed by atoms with Gasteiger partial charge in [-0.05, 0) is 31.1 Å². The van der Waals surface area contributed by atoms with Crippen molar-refractivity contribution < 1.29 is 0 Å². The number of hydrogen-bond acceptors (Lipinski definition) is 2. The lowest BCUT2D eigenvalue weighted by atomic mass is 10.1. The van der Waals surface area contributed by atoms with Gasteiger partial charge in [-0.2, -0.15) is 25.3 Å². The van der Waals surface area contributed by atoms with Gasteiger partial charge in [-0.15, -0.1) is 0 Å². The maximum absolute atomic E-state index is 4.46. The Morgan fingerprint density at radius 1 is 1.22 bits per heavy atom. The first-order valence-corrected chi connectivity index (χ1v) is 4.62. The normalized spacial score (nSPS) is 56.7. The van der Waals surface area contributed by atoms with E-state index >= 15 is 0 Å². The van der Waals surface area contributed by atoms with Gasteiger partial charge in [0.2, 0.25) is 0 Å². The molecule has 2 heteroatoms. The zero-order valence-electron chi connectivity index (χ0n) is 5.38. The molecule has 0 saturated heterocycles. The van der Waals surface area contributed by atoms with Crippen LogP contribution < -0.4 is 0 Å². The first-order valence-electron chi connectivity index (χ1n) is 3.59. The number of thiol groups is 2. The van der Waals surface area contributed by atoms with Crippen molar-refractivity contribution in [3.05, 3.63) is 0 Å². The molecule has 0 aliphatic heterocycles. The topological polar surface area (TPSA) is 0 Å². The van der Waals surface area contributed by atoms with Crippen LogP contribution in [0.15, 0.2) is 0 Å².